The average Bonchev–Trinajstić information content (AvgIpc) is 2.35. The molecule has 0 saturated heterocycles. The average molecular weight is 251 g/mol. The third-order valence-corrected chi connectivity index (χ3v) is 3.27. The van der Waals surface area contributed by atoms with Gasteiger partial charge in [0.1, 0.15) is 0 Å². The molecular weight excluding hydrogens is 228 g/mol. The SMILES string of the molecule is CCCCCCCCC=Cc1ccccc1Cl. The quantitative estimate of drug-likeness (QED) is 0.489. The van der Waals surface area contributed by atoms with Crippen LogP contribution in [0.2, 0.25) is 5.02 Å². The third kappa shape index (κ3) is 6.53. The highest BCUT2D eigenvalue weighted by atomic mass is 35.5. The summed E-state index contributed by atoms with van der Waals surface area (Å²) in [5.74, 6) is 0. The lowest BCUT2D eigenvalue weighted by atomic mass is 10.1. The molecule has 0 aliphatic heterocycles. The lowest BCUT2D eigenvalue weighted by Crippen LogP contribution is -1.78. The molecule has 0 N–H and O–H groups in total. The van der Waals surface area contributed by atoms with Gasteiger partial charge in [-0.1, -0.05) is 81.0 Å². The number of hydrogen-bond acceptors (Lipinski definition) is 0. The fraction of sp³-hybridized carbons (Fsp3) is 0.500. The molecule has 0 amide bonds. The second-order valence-corrected chi connectivity index (χ2v) is 4.89. The molecule has 0 aliphatic carbocycles. The van der Waals surface area contributed by atoms with Crippen LogP contribution in [0.15, 0.2) is 30.3 Å². The molecule has 0 spiro atoms. The molecule has 17 heavy (non-hydrogen) atoms. The zero-order chi connectivity index (χ0) is 12.3. The molecule has 0 heterocycles. The van der Waals surface area contributed by atoms with Gasteiger partial charge in [-0.05, 0) is 24.5 Å². The second kappa shape index (κ2) is 9.30. The lowest BCUT2D eigenvalue weighted by molar-refractivity contribution is 0.611. The standard InChI is InChI=1S/C16H23Cl/c1-2-3-4-5-6-7-8-9-12-15-13-10-11-14-16(15)17/h9-14H,2-8H2,1H3. The Morgan fingerprint density at radius 1 is 1.00 bits per heavy atom. The Kier molecular flexibility index (Phi) is 7.83. The summed E-state index contributed by atoms with van der Waals surface area (Å²) >= 11 is 6.07. The minimum absolute atomic E-state index is 0.840. The van der Waals surface area contributed by atoms with E-state index in [0.717, 1.165) is 17.0 Å². The van der Waals surface area contributed by atoms with E-state index in [2.05, 4.69) is 25.1 Å². The number of rotatable bonds is 8. The molecule has 0 radical (unpaired) electrons. The minimum atomic E-state index is 0.840. The number of allylic oxidation sites excluding steroid dienone is 1. The van der Waals surface area contributed by atoms with Gasteiger partial charge in [0, 0.05) is 5.02 Å². The highest BCUT2D eigenvalue weighted by Gasteiger charge is 1.92. The zero-order valence-electron chi connectivity index (χ0n) is 10.8. The Labute approximate surface area is 111 Å². The normalized spacial score (nSPS) is 11.2. The summed E-state index contributed by atoms with van der Waals surface area (Å²) in [6, 6.07) is 7.98. The van der Waals surface area contributed by atoms with E-state index in [1.54, 1.807) is 0 Å². The van der Waals surface area contributed by atoms with Crippen LogP contribution in [0.3, 0.4) is 0 Å². The van der Waals surface area contributed by atoms with Gasteiger partial charge < -0.3 is 0 Å². The summed E-state index contributed by atoms with van der Waals surface area (Å²) in [6.45, 7) is 2.26. The topological polar surface area (TPSA) is 0 Å². The van der Waals surface area contributed by atoms with Crippen molar-refractivity contribution in [1.82, 2.24) is 0 Å². The van der Waals surface area contributed by atoms with Crippen molar-refractivity contribution in [2.45, 2.75) is 51.9 Å². The van der Waals surface area contributed by atoms with E-state index in [-0.39, 0.29) is 0 Å². The van der Waals surface area contributed by atoms with E-state index in [1.165, 1.54) is 38.5 Å². The Morgan fingerprint density at radius 2 is 1.71 bits per heavy atom. The van der Waals surface area contributed by atoms with Crippen LogP contribution < -0.4 is 0 Å². The predicted molar refractivity (Wildman–Crippen MR) is 78.5 cm³/mol. The van der Waals surface area contributed by atoms with Gasteiger partial charge in [0.25, 0.3) is 0 Å². The van der Waals surface area contributed by atoms with Crippen molar-refractivity contribution in [2.75, 3.05) is 0 Å². The molecule has 1 heteroatoms. The first-order chi connectivity index (χ1) is 8.34. The maximum atomic E-state index is 6.07. The smallest absolute Gasteiger partial charge is 0.0478 e. The molecule has 1 aromatic rings. The first-order valence-corrected chi connectivity index (χ1v) is 7.13. The maximum Gasteiger partial charge on any atom is 0.0478 e. The third-order valence-electron chi connectivity index (χ3n) is 2.93. The Balaban J connectivity index is 2.12. The van der Waals surface area contributed by atoms with Gasteiger partial charge in [-0.2, -0.15) is 0 Å². The van der Waals surface area contributed by atoms with E-state index in [4.69, 9.17) is 11.6 Å². The number of halogens is 1. The van der Waals surface area contributed by atoms with Gasteiger partial charge in [-0.15, -0.1) is 0 Å². The molecule has 0 unspecified atom stereocenters. The fourth-order valence-electron chi connectivity index (χ4n) is 1.86. The summed E-state index contributed by atoms with van der Waals surface area (Å²) in [7, 11) is 0. The first-order valence-electron chi connectivity index (χ1n) is 6.75. The van der Waals surface area contributed by atoms with Crippen LogP contribution in [0.5, 0.6) is 0 Å². The largest absolute Gasteiger partial charge is 0.0839 e. The van der Waals surface area contributed by atoms with Crippen molar-refractivity contribution in [3.63, 3.8) is 0 Å². The molecule has 94 valence electrons. The summed E-state index contributed by atoms with van der Waals surface area (Å²) in [5, 5.41) is 0.840. The van der Waals surface area contributed by atoms with Gasteiger partial charge in [-0.25, -0.2) is 0 Å². The molecule has 0 aliphatic rings. The second-order valence-electron chi connectivity index (χ2n) is 4.48. The molecule has 0 nitrogen and oxygen atoms in total. The molecular formula is C16H23Cl. The van der Waals surface area contributed by atoms with Crippen LogP contribution in [0.4, 0.5) is 0 Å². The van der Waals surface area contributed by atoms with Crippen LogP contribution in [0.25, 0.3) is 6.08 Å². The van der Waals surface area contributed by atoms with Gasteiger partial charge in [0.05, 0.1) is 0 Å². The zero-order valence-corrected chi connectivity index (χ0v) is 11.5. The Bertz CT molecular complexity index is 328. The van der Waals surface area contributed by atoms with Crippen molar-refractivity contribution < 1.29 is 0 Å². The summed E-state index contributed by atoms with van der Waals surface area (Å²) in [5.41, 5.74) is 1.13. The van der Waals surface area contributed by atoms with Crippen LogP contribution >= 0.6 is 11.6 Å². The van der Waals surface area contributed by atoms with Crippen LogP contribution in [-0.4, -0.2) is 0 Å². The molecule has 0 atom stereocenters. The van der Waals surface area contributed by atoms with Gasteiger partial charge in [0.15, 0.2) is 0 Å². The first kappa shape index (κ1) is 14.3. The molecule has 1 aromatic carbocycles. The van der Waals surface area contributed by atoms with E-state index in [1.807, 2.05) is 18.2 Å². The molecule has 0 fully saturated rings. The van der Waals surface area contributed by atoms with Gasteiger partial charge in [-0.3, -0.25) is 0 Å². The van der Waals surface area contributed by atoms with E-state index >= 15 is 0 Å². The highest BCUT2D eigenvalue weighted by molar-refractivity contribution is 6.32. The Morgan fingerprint density at radius 3 is 2.47 bits per heavy atom. The van der Waals surface area contributed by atoms with Crippen molar-refractivity contribution in [3.8, 4) is 0 Å². The Hall–Kier alpha value is -0.750. The van der Waals surface area contributed by atoms with E-state index in [0.29, 0.717) is 0 Å². The van der Waals surface area contributed by atoms with Crippen molar-refractivity contribution >= 4 is 17.7 Å². The monoisotopic (exact) mass is 250 g/mol. The van der Waals surface area contributed by atoms with Crippen LogP contribution in [0.1, 0.15) is 57.4 Å². The predicted octanol–water partition coefficient (Wildman–Crippen LogP) is 6.10. The van der Waals surface area contributed by atoms with Gasteiger partial charge >= 0.3 is 0 Å². The lowest BCUT2D eigenvalue weighted by Gasteiger charge is -1.98. The maximum absolute atomic E-state index is 6.07. The molecule has 0 aromatic heterocycles. The number of hydrogen-bond donors (Lipinski definition) is 0. The van der Waals surface area contributed by atoms with Crippen molar-refractivity contribution in [2.24, 2.45) is 0 Å². The van der Waals surface area contributed by atoms with Crippen LogP contribution in [-0.2, 0) is 0 Å². The fourth-order valence-corrected chi connectivity index (χ4v) is 2.06. The molecule has 0 bridgehead atoms. The van der Waals surface area contributed by atoms with E-state index in [9.17, 15) is 0 Å². The molecule has 1 rings (SSSR count). The number of unbranched alkanes of at least 4 members (excludes halogenated alkanes) is 6. The van der Waals surface area contributed by atoms with Crippen molar-refractivity contribution in [1.29, 1.82) is 0 Å². The summed E-state index contributed by atoms with van der Waals surface area (Å²) in [4.78, 5) is 0. The van der Waals surface area contributed by atoms with Crippen molar-refractivity contribution in [3.05, 3.63) is 40.9 Å². The summed E-state index contributed by atoms with van der Waals surface area (Å²) in [6.07, 6.45) is 13.7. The number of benzene rings is 1. The van der Waals surface area contributed by atoms with Crippen LogP contribution in [0, 0.1) is 0 Å². The minimum Gasteiger partial charge on any atom is -0.0839 e. The van der Waals surface area contributed by atoms with Gasteiger partial charge in [0.2, 0.25) is 0 Å². The molecule has 0 saturated carbocycles. The summed E-state index contributed by atoms with van der Waals surface area (Å²) < 4.78 is 0. The highest BCUT2D eigenvalue weighted by Crippen LogP contribution is 2.17. The van der Waals surface area contributed by atoms with E-state index < -0.39 is 0 Å².